The number of hydrogen-bond donors (Lipinski definition) is 1. The topological polar surface area (TPSA) is 46.5 Å². The summed E-state index contributed by atoms with van der Waals surface area (Å²) >= 11 is 1.54. The van der Waals surface area contributed by atoms with Crippen LogP contribution >= 0.6 is 11.8 Å². The minimum absolute atomic E-state index is 0.323. The Morgan fingerprint density at radius 2 is 2.22 bits per heavy atom. The van der Waals surface area contributed by atoms with Crippen molar-refractivity contribution in [2.24, 2.45) is 0 Å². The van der Waals surface area contributed by atoms with Gasteiger partial charge in [-0.25, -0.2) is 0 Å². The predicted molar refractivity (Wildman–Crippen MR) is 73.0 cm³/mol. The van der Waals surface area contributed by atoms with Crippen LogP contribution in [0, 0.1) is 0 Å². The molecule has 4 heteroatoms. The van der Waals surface area contributed by atoms with E-state index in [9.17, 15) is 9.90 Å². The van der Waals surface area contributed by atoms with Gasteiger partial charge in [-0.3, -0.25) is 4.79 Å². The van der Waals surface area contributed by atoms with Gasteiger partial charge in [0.05, 0.1) is 6.61 Å². The molecule has 2 unspecified atom stereocenters. The van der Waals surface area contributed by atoms with Crippen LogP contribution in [0.15, 0.2) is 30.3 Å². The lowest BCUT2D eigenvalue weighted by atomic mass is 10.1. The average Bonchev–Trinajstić information content (AvgIpc) is 2.40. The molecule has 1 heterocycles. The SMILES string of the molecule is O=C(O)C(Cc1ccccc1)SC1CCCOC1. The van der Waals surface area contributed by atoms with E-state index in [2.05, 4.69) is 0 Å². The summed E-state index contributed by atoms with van der Waals surface area (Å²) in [6.45, 7) is 1.50. The second-order valence-corrected chi connectivity index (χ2v) is 6.00. The molecule has 0 radical (unpaired) electrons. The van der Waals surface area contributed by atoms with Crippen LogP contribution in [-0.4, -0.2) is 34.8 Å². The van der Waals surface area contributed by atoms with Gasteiger partial charge in [-0.05, 0) is 24.8 Å². The Labute approximate surface area is 112 Å². The summed E-state index contributed by atoms with van der Waals surface area (Å²) in [5.41, 5.74) is 1.08. The van der Waals surface area contributed by atoms with Crippen LogP contribution in [0.1, 0.15) is 18.4 Å². The molecular formula is C14H18O3S. The fourth-order valence-corrected chi connectivity index (χ4v) is 3.42. The van der Waals surface area contributed by atoms with Gasteiger partial charge in [0.25, 0.3) is 0 Å². The number of benzene rings is 1. The molecule has 1 N–H and O–H groups in total. The van der Waals surface area contributed by atoms with Crippen LogP contribution in [0.2, 0.25) is 0 Å². The maximum absolute atomic E-state index is 11.3. The van der Waals surface area contributed by atoms with Crippen molar-refractivity contribution >= 4 is 17.7 Å². The number of carbonyl (C=O) groups is 1. The summed E-state index contributed by atoms with van der Waals surface area (Å²) in [6.07, 6.45) is 2.68. The normalized spacial score (nSPS) is 21.4. The molecule has 2 atom stereocenters. The zero-order chi connectivity index (χ0) is 12.8. The van der Waals surface area contributed by atoms with Crippen molar-refractivity contribution in [2.75, 3.05) is 13.2 Å². The lowest BCUT2D eigenvalue weighted by molar-refractivity contribution is -0.136. The molecule has 0 spiro atoms. The first-order chi connectivity index (χ1) is 8.75. The van der Waals surface area contributed by atoms with Crippen molar-refractivity contribution in [1.82, 2.24) is 0 Å². The van der Waals surface area contributed by atoms with Crippen molar-refractivity contribution < 1.29 is 14.6 Å². The van der Waals surface area contributed by atoms with Gasteiger partial charge in [0.2, 0.25) is 0 Å². The zero-order valence-corrected chi connectivity index (χ0v) is 11.1. The molecule has 2 rings (SSSR count). The van der Waals surface area contributed by atoms with Crippen LogP contribution in [0.3, 0.4) is 0 Å². The summed E-state index contributed by atoms with van der Waals surface area (Å²) in [5.74, 6) is -0.727. The zero-order valence-electron chi connectivity index (χ0n) is 10.2. The van der Waals surface area contributed by atoms with Gasteiger partial charge < -0.3 is 9.84 Å². The highest BCUT2D eigenvalue weighted by Crippen LogP contribution is 2.27. The maximum atomic E-state index is 11.3. The molecule has 1 saturated heterocycles. The molecule has 1 fully saturated rings. The Morgan fingerprint density at radius 1 is 1.44 bits per heavy atom. The van der Waals surface area contributed by atoms with Gasteiger partial charge in [-0.1, -0.05) is 30.3 Å². The predicted octanol–water partition coefficient (Wildman–Crippen LogP) is 2.59. The van der Waals surface area contributed by atoms with Gasteiger partial charge >= 0.3 is 5.97 Å². The largest absolute Gasteiger partial charge is 0.480 e. The lowest BCUT2D eigenvalue weighted by Gasteiger charge is -2.24. The van der Waals surface area contributed by atoms with Gasteiger partial charge in [-0.15, -0.1) is 11.8 Å². The van der Waals surface area contributed by atoms with Crippen molar-refractivity contribution in [3.63, 3.8) is 0 Å². The molecule has 0 amide bonds. The molecule has 1 aromatic rings. The van der Waals surface area contributed by atoms with Crippen LogP contribution in [0.25, 0.3) is 0 Å². The molecular weight excluding hydrogens is 248 g/mol. The molecule has 1 aromatic carbocycles. The first kappa shape index (κ1) is 13.4. The minimum atomic E-state index is -0.727. The molecule has 1 aliphatic heterocycles. The lowest BCUT2D eigenvalue weighted by Crippen LogP contribution is -2.27. The maximum Gasteiger partial charge on any atom is 0.316 e. The molecule has 1 aliphatic rings. The highest BCUT2D eigenvalue weighted by atomic mass is 32.2. The third-order valence-electron chi connectivity index (χ3n) is 3.01. The smallest absolute Gasteiger partial charge is 0.316 e. The van der Waals surface area contributed by atoms with E-state index in [1.165, 1.54) is 0 Å². The number of thioether (sulfide) groups is 1. The van der Waals surface area contributed by atoms with Crippen molar-refractivity contribution in [1.29, 1.82) is 0 Å². The fraction of sp³-hybridized carbons (Fsp3) is 0.500. The van der Waals surface area contributed by atoms with Gasteiger partial charge in [0, 0.05) is 11.9 Å². The second kappa shape index (κ2) is 6.81. The summed E-state index contributed by atoms with van der Waals surface area (Å²) < 4.78 is 5.40. The Kier molecular flexibility index (Phi) is 5.08. The number of carboxylic acids is 1. The average molecular weight is 266 g/mol. The van der Waals surface area contributed by atoms with E-state index in [1.54, 1.807) is 11.8 Å². The van der Waals surface area contributed by atoms with Crippen molar-refractivity contribution in [3.05, 3.63) is 35.9 Å². The van der Waals surface area contributed by atoms with Crippen molar-refractivity contribution in [2.45, 2.75) is 29.8 Å². The van der Waals surface area contributed by atoms with Crippen LogP contribution < -0.4 is 0 Å². The first-order valence-electron chi connectivity index (χ1n) is 6.25. The standard InChI is InChI=1S/C14H18O3S/c15-14(16)13(9-11-5-2-1-3-6-11)18-12-7-4-8-17-10-12/h1-3,5-6,12-13H,4,7-10H2,(H,15,16). The van der Waals surface area contributed by atoms with E-state index in [-0.39, 0.29) is 5.25 Å². The number of aliphatic carboxylic acids is 1. The Hall–Kier alpha value is -1.00. The molecule has 18 heavy (non-hydrogen) atoms. The van der Waals surface area contributed by atoms with E-state index in [0.717, 1.165) is 25.0 Å². The van der Waals surface area contributed by atoms with Crippen LogP contribution in [0.5, 0.6) is 0 Å². The Balaban J connectivity index is 1.93. The molecule has 0 aliphatic carbocycles. The minimum Gasteiger partial charge on any atom is -0.480 e. The van der Waals surface area contributed by atoms with Gasteiger partial charge in [0.1, 0.15) is 5.25 Å². The highest BCUT2D eigenvalue weighted by Gasteiger charge is 2.25. The van der Waals surface area contributed by atoms with Gasteiger partial charge in [0.15, 0.2) is 0 Å². The van der Waals surface area contributed by atoms with E-state index in [1.807, 2.05) is 30.3 Å². The first-order valence-corrected chi connectivity index (χ1v) is 7.20. The number of carboxylic acid groups (broad SMARTS) is 1. The van der Waals surface area contributed by atoms with E-state index in [4.69, 9.17) is 4.74 Å². The van der Waals surface area contributed by atoms with E-state index >= 15 is 0 Å². The third kappa shape index (κ3) is 4.03. The number of rotatable bonds is 5. The summed E-state index contributed by atoms with van der Waals surface area (Å²) in [5, 5.41) is 9.25. The summed E-state index contributed by atoms with van der Waals surface area (Å²) in [4.78, 5) is 11.3. The Bertz CT molecular complexity index is 374. The molecule has 0 saturated carbocycles. The van der Waals surface area contributed by atoms with Crippen LogP contribution in [0.4, 0.5) is 0 Å². The van der Waals surface area contributed by atoms with Crippen LogP contribution in [-0.2, 0) is 16.0 Å². The monoisotopic (exact) mass is 266 g/mol. The molecule has 0 bridgehead atoms. The van der Waals surface area contributed by atoms with Crippen molar-refractivity contribution in [3.8, 4) is 0 Å². The second-order valence-electron chi connectivity index (χ2n) is 4.49. The summed E-state index contributed by atoms with van der Waals surface area (Å²) in [7, 11) is 0. The molecule has 98 valence electrons. The molecule has 0 aromatic heterocycles. The fourth-order valence-electron chi connectivity index (χ4n) is 2.07. The highest BCUT2D eigenvalue weighted by molar-refractivity contribution is 8.01. The number of hydrogen-bond acceptors (Lipinski definition) is 3. The van der Waals surface area contributed by atoms with Gasteiger partial charge in [-0.2, -0.15) is 0 Å². The Morgan fingerprint density at radius 3 is 2.83 bits per heavy atom. The molecule has 3 nitrogen and oxygen atoms in total. The number of ether oxygens (including phenoxy) is 1. The van der Waals surface area contributed by atoms with E-state index in [0.29, 0.717) is 18.3 Å². The van der Waals surface area contributed by atoms with E-state index < -0.39 is 5.97 Å². The third-order valence-corrected chi connectivity index (χ3v) is 4.47. The quantitative estimate of drug-likeness (QED) is 0.890. The summed E-state index contributed by atoms with van der Waals surface area (Å²) in [6, 6.07) is 9.80.